The smallest absolute Gasteiger partial charge is 0.232 e. The summed E-state index contributed by atoms with van der Waals surface area (Å²) in [6, 6.07) is 4.05. The van der Waals surface area contributed by atoms with E-state index >= 15 is 0 Å². The quantitative estimate of drug-likeness (QED) is 0.838. The van der Waals surface area contributed by atoms with Gasteiger partial charge in [-0.1, -0.05) is 0 Å². The fraction of sp³-hybridized carbons (Fsp3) is 0.250. The molecule has 2 aromatic heterocycles. The van der Waals surface area contributed by atoms with Crippen LogP contribution in [0.15, 0.2) is 36.1 Å². The number of aryl methyl sites for hydroxylation is 2. The molecule has 17 heavy (non-hydrogen) atoms. The third kappa shape index (κ3) is 3.64. The van der Waals surface area contributed by atoms with Crippen molar-refractivity contribution in [2.24, 2.45) is 0 Å². The van der Waals surface area contributed by atoms with Gasteiger partial charge in [0.15, 0.2) is 24.1 Å². The van der Waals surface area contributed by atoms with Crippen molar-refractivity contribution in [3.05, 3.63) is 41.7 Å². The lowest BCUT2D eigenvalue weighted by atomic mass is 10.3. The predicted molar refractivity (Wildman–Crippen MR) is 66.7 cm³/mol. The minimum absolute atomic E-state index is 0.00646. The van der Waals surface area contributed by atoms with Crippen LogP contribution in [0.4, 0.5) is 5.13 Å². The highest BCUT2D eigenvalue weighted by atomic mass is 32.1. The highest BCUT2D eigenvalue weighted by Crippen LogP contribution is 2.10. The first kappa shape index (κ1) is 11.7. The lowest BCUT2D eigenvalue weighted by Gasteiger charge is -1.99. The Morgan fingerprint density at radius 2 is 2.24 bits per heavy atom. The Labute approximate surface area is 104 Å². The van der Waals surface area contributed by atoms with E-state index in [0.29, 0.717) is 18.1 Å². The molecule has 0 radical (unpaired) electrons. The van der Waals surface area contributed by atoms with Crippen LogP contribution >= 0.6 is 11.3 Å². The summed E-state index contributed by atoms with van der Waals surface area (Å²) in [5, 5.41) is 5.25. The molecule has 2 rings (SSSR count). The summed E-state index contributed by atoms with van der Waals surface area (Å²) in [6.07, 6.45) is 6.08. The van der Waals surface area contributed by atoms with Crippen molar-refractivity contribution < 1.29 is 9.36 Å². The highest BCUT2D eigenvalue weighted by molar-refractivity contribution is 7.13. The largest absolute Gasteiger partial charge is 0.302 e. The number of aromatic nitrogens is 2. The summed E-state index contributed by atoms with van der Waals surface area (Å²) in [4.78, 5) is 15.6. The number of carbonyl (C=O) groups is 1. The van der Waals surface area contributed by atoms with E-state index < -0.39 is 0 Å². The summed E-state index contributed by atoms with van der Waals surface area (Å²) < 4.78 is 1.99. The minimum Gasteiger partial charge on any atom is -0.302 e. The number of amides is 1. The number of rotatable bonds is 4. The van der Waals surface area contributed by atoms with E-state index in [9.17, 15) is 4.79 Å². The number of pyridine rings is 1. The van der Waals surface area contributed by atoms with Crippen molar-refractivity contribution in [1.29, 1.82) is 0 Å². The fourth-order valence-corrected chi connectivity index (χ4v) is 1.92. The molecule has 0 aliphatic rings. The maximum Gasteiger partial charge on any atom is 0.232 e. The van der Waals surface area contributed by atoms with Gasteiger partial charge in [0.2, 0.25) is 5.91 Å². The topological polar surface area (TPSA) is 45.9 Å². The number of nitrogens with zero attached hydrogens (tertiary/aromatic N) is 2. The molecule has 0 fully saturated rings. The van der Waals surface area contributed by atoms with Crippen LogP contribution in [0.25, 0.3) is 0 Å². The van der Waals surface area contributed by atoms with Crippen LogP contribution in [0.5, 0.6) is 0 Å². The van der Waals surface area contributed by atoms with E-state index in [1.165, 1.54) is 16.9 Å². The first-order chi connectivity index (χ1) is 8.24. The zero-order valence-electron chi connectivity index (χ0n) is 9.59. The van der Waals surface area contributed by atoms with Crippen molar-refractivity contribution in [2.75, 3.05) is 5.32 Å². The van der Waals surface area contributed by atoms with Crippen molar-refractivity contribution in [1.82, 2.24) is 4.98 Å². The van der Waals surface area contributed by atoms with Crippen molar-refractivity contribution in [3.63, 3.8) is 0 Å². The molecule has 1 N–H and O–H groups in total. The summed E-state index contributed by atoms with van der Waals surface area (Å²) >= 11 is 1.43. The summed E-state index contributed by atoms with van der Waals surface area (Å²) in [7, 11) is 0. The monoisotopic (exact) mass is 248 g/mol. The van der Waals surface area contributed by atoms with Gasteiger partial charge >= 0.3 is 0 Å². The molecule has 0 unspecified atom stereocenters. The second kappa shape index (κ2) is 5.54. The van der Waals surface area contributed by atoms with E-state index in [0.717, 1.165) is 0 Å². The van der Waals surface area contributed by atoms with E-state index in [1.807, 2.05) is 41.4 Å². The molecule has 0 aliphatic heterocycles. The first-order valence-electron chi connectivity index (χ1n) is 5.39. The predicted octanol–water partition coefficient (Wildman–Crippen LogP) is 1.77. The van der Waals surface area contributed by atoms with Gasteiger partial charge in [-0.25, -0.2) is 9.55 Å². The van der Waals surface area contributed by atoms with Crippen LogP contribution in [0.3, 0.4) is 0 Å². The zero-order chi connectivity index (χ0) is 12.1. The number of thiazole rings is 1. The molecule has 88 valence electrons. The van der Waals surface area contributed by atoms with E-state index in [4.69, 9.17) is 0 Å². The van der Waals surface area contributed by atoms with Gasteiger partial charge in [0, 0.05) is 23.7 Å². The van der Waals surface area contributed by atoms with Gasteiger partial charge in [0.1, 0.15) is 0 Å². The van der Waals surface area contributed by atoms with Crippen LogP contribution < -0.4 is 9.88 Å². The maximum absolute atomic E-state index is 11.6. The zero-order valence-corrected chi connectivity index (χ0v) is 10.4. The van der Waals surface area contributed by atoms with E-state index in [-0.39, 0.29) is 5.91 Å². The third-order valence-corrected chi connectivity index (χ3v) is 3.02. The second-order valence-corrected chi connectivity index (χ2v) is 4.64. The average molecular weight is 248 g/mol. The molecule has 0 saturated carbocycles. The summed E-state index contributed by atoms with van der Waals surface area (Å²) in [5.41, 5.74) is 1.22. The molecule has 1 amide bonds. The van der Waals surface area contributed by atoms with Gasteiger partial charge in [0.05, 0.1) is 6.42 Å². The number of carbonyl (C=O) groups excluding carboxylic acids is 1. The molecule has 2 aromatic rings. The number of anilines is 1. The molecular weight excluding hydrogens is 234 g/mol. The van der Waals surface area contributed by atoms with Crippen LogP contribution in [0, 0.1) is 6.92 Å². The van der Waals surface area contributed by atoms with E-state index in [2.05, 4.69) is 10.3 Å². The summed E-state index contributed by atoms with van der Waals surface area (Å²) in [5.74, 6) is -0.00646. The minimum atomic E-state index is -0.00646. The molecule has 0 spiro atoms. The van der Waals surface area contributed by atoms with Gasteiger partial charge in [-0.15, -0.1) is 11.3 Å². The molecule has 0 bridgehead atoms. The third-order valence-electron chi connectivity index (χ3n) is 2.33. The Kier molecular flexibility index (Phi) is 3.82. The highest BCUT2D eigenvalue weighted by Gasteiger charge is 2.07. The Balaban J connectivity index is 1.82. The Bertz CT molecular complexity index is 479. The van der Waals surface area contributed by atoms with Crippen LogP contribution in [-0.2, 0) is 11.3 Å². The summed E-state index contributed by atoms with van der Waals surface area (Å²) in [6.45, 7) is 2.72. The number of hydrogen-bond donors (Lipinski definition) is 1. The van der Waals surface area contributed by atoms with Crippen LogP contribution in [0.2, 0.25) is 0 Å². The van der Waals surface area contributed by atoms with Crippen molar-refractivity contribution in [2.45, 2.75) is 19.9 Å². The Morgan fingerprint density at radius 1 is 1.47 bits per heavy atom. The lowest BCUT2D eigenvalue weighted by molar-refractivity contribution is -0.695. The molecule has 2 heterocycles. The van der Waals surface area contributed by atoms with Gasteiger partial charge in [-0.05, 0) is 12.5 Å². The van der Waals surface area contributed by atoms with Gasteiger partial charge in [0.25, 0.3) is 0 Å². The number of hydrogen-bond acceptors (Lipinski definition) is 3. The Hall–Kier alpha value is -1.75. The SMILES string of the molecule is Cc1cc[n+](CCC(=O)Nc2nccs2)cc1. The van der Waals surface area contributed by atoms with Crippen LogP contribution in [0.1, 0.15) is 12.0 Å². The molecule has 0 aromatic carbocycles. The van der Waals surface area contributed by atoms with E-state index in [1.54, 1.807) is 6.20 Å². The molecule has 4 nitrogen and oxygen atoms in total. The first-order valence-corrected chi connectivity index (χ1v) is 6.27. The maximum atomic E-state index is 11.6. The van der Waals surface area contributed by atoms with Gasteiger partial charge in [-0.3, -0.25) is 4.79 Å². The normalized spacial score (nSPS) is 10.2. The lowest BCUT2D eigenvalue weighted by Crippen LogP contribution is -2.34. The number of nitrogens with one attached hydrogen (secondary N) is 1. The standard InChI is InChI=1S/C12H13N3OS/c1-10-2-6-15(7-3-10)8-4-11(16)14-12-13-5-9-17-12/h2-3,5-7,9H,4,8H2,1H3/p+1. The molecule has 0 saturated heterocycles. The molecular formula is C12H14N3OS+. The van der Waals surface area contributed by atoms with Crippen molar-refractivity contribution >= 4 is 22.4 Å². The van der Waals surface area contributed by atoms with Crippen molar-refractivity contribution in [3.8, 4) is 0 Å². The average Bonchev–Trinajstić information content (AvgIpc) is 2.81. The van der Waals surface area contributed by atoms with Crippen LogP contribution in [-0.4, -0.2) is 10.9 Å². The van der Waals surface area contributed by atoms with Gasteiger partial charge in [-0.2, -0.15) is 0 Å². The molecule has 5 heteroatoms. The van der Waals surface area contributed by atoms with Gasteiger partial charge < -0.3 is 5.32 Å². The molecule has 0 atom stereocenters. The fourth-order valence-electron chi connectivity index (χ4n) is 1.38. The second-order valence-electron chi connectivity index (χ2n) is 3.75. The molecule has 0 aliphatic carbocycles. The Morgan fingerprint density at radius 3 is 2.88 bits per heavy atom.